The maximum atomic E-state index is 16.1. The fourth-order valence-corrected chi connectivity index (χ4v) is 9.12. The predicted octanol–water partition coefficient (Wildman–Crippen LogP) is 13.9. The van der Waals surface area contributed by atoms with Gasteiger partial charge in [0.25, 0.3) is 0 Å². The van der Waals surface area contributed by atoms with E-state index in [4.69, 9.17) is 8.83 Å². The molecule has 0 N–H and O–H groups in total. The van der Waals surface area contributed by atoms with Gasteiger partial charge in [0, 0.05) is 48.7 Å². The summed E-state index contributed by atoms with van der Waals surface area (Å²) >= 11 is 0. The Hall–Kier alpha value is -7.18. The number of furan rings is 2. The average Bonchev–Trinajstić information content (AvgIpc) is 3.96. The summed E-state index contributed by atoms with van der Waals surface area (Å²) in [5, 5.41) is 8.14. The van der Waals surface area contributed by atoms with Gasteiger partial charge in [-0.15, -0.1) is 0 Å². The van der Waals surface area contributed by atoms with Gasteiger partial charge < -0.3 is 18.0 Å². The van der Waals surface area contributed by atoms with Crippen molar-refractivity contribution < 1.29 is 17.6 Å². The highest BCUT2D eigenvalue weighted by atomic mass is 19.1. The van der Waals surface area contributed by atoms with Gasteiger partial charge in [-0.1, -0.05) is 91.0 Å². The Morgan fingerprint density at radius 3 is 1.47 bits per heavy atom. The lowest BCUT2D eigenvalue weighted by Gasteiger charge is -2.21. The van der Waals surface area contributed by atoms with Crippen LogP contribution in [0.1, 0.15) is 5.56 Å². The molecule has 260 valence electrons. The van der Waals surface area contributed by atoms with Crippen LogP contribution in [-0.4, -0.2) is 9.13 Å². The van der Waals surface area contributed by atoms with E-state index in [-0.39, 0.29) is 5.56 Å². The molecular weight excluding hydrogens is 687 g/mol. The van der Waals surface area contributed by atoms with Crippen LogP contribution in [0.3, 0.4) is 0 Å². The van der Waals surface area contributed by atoms with Crippen LogP contribution in [0.2, 0.25) is 0 Å². The quantitative estimate of drug-likeness (QED) is 0.183. The van der Waals surface area contributed by atoms with Crippen LogP contribution in [0.15, 0.2) is 160 Å². The SMILES string of the molecule is Cc1c(-n2c3ccccc3c3ccc4c5ccccc5oc4c32)ccc(-c2c(F)cccc2F)c1-n1c2ccccc2c2ccc3c4ccccc4oc3c21. The lowest BCUT2D eigenvalue weighted by Crippen LogP contribution is -2.07. The highest BCUT2D eigenvalue weighted by Gasteiger charge is 2.27. The van der Waals surface area contributed by atoms with Crippen molar-refractivity contribution in [3.8, 4) is 22.5 Å². The number of aromatic nitrogens is 2. The molecule has 0 aliphatic rings. The van der Waals surface area contributed by atoms with Crippen molar-refractivity contribution in [1.29, 1.82) is 0 Å². The predicted molar refractivity (Wildman–Crippen MR) is 220 cm³/mol. The van der Waals surface area contributed by atoms with Crippen LogP contribution in [-0.2, 0) is 0 Å². The second kappa shape index (κ2) is 10.9. The monoisotopic (exact) mass is 714 g/mol. The molecule has 12 rings (SSSR count). The van der Waals surface area contributed by atoms with Crippen molar-refractivity contribution in [2.45, 2.75) is 6.92 Å². The molecular formula is C49H28F2N2O2. The zero-order chi connectivity index (χ0) is 36.5. The molecule has 0 unspecified atom stereocenters. The minimum atomic E-state index is -0.635. The van der Waals surface area contributed by atoms with E-state index in [1.54, 1.807) is 0 Å². The second-order valence-corrected chi connectivity index (χ2v) is 14.3. The standard InChI is InChI=1S/C49H28F2N2O2/c1-27-39(52-40-17-6-2-11-28(40)32-21-23-34-30-13-4-8-19-42(30)54-48(34)46(32)52)26-25-36(44-37(50)15-10-16-38(44)51)45(27)53-41-18-7-3-12-29(41)33-22-24-35-31-14-5-9-20-43(31)55-49(35)47(33)53/h2-26H,1H3. The van der Waals surface area contributed by atoms with Crippen molar-refractivity contribution in [3.05, 3.63) is 169 Å². The van der Waals surface area contributed by atoms with Gasteiger partial charge in [-0.25, -0.2) is 8.78 Å². The Bertz CT molecular complexity index is 3580. The summed E-state index contributed by atoms with van der Waals surface area (Å²) < 4.78 is 50.0. The van der Waals surface area contributed by atoms with Crippen LogP contribution < -0.4 is 0 Å². The second-order valence-electron chi connectivity index (χ2n) is 14.3. The summed E-state index contributed by atoms with van der Waals surface area (Å²) in [6.07, 6.45) is 0. The van der Waals surface area contributed by atoms with Gasteiger partial charge in [0.15, 0.2) is 11.2 Å². The molecule has 12 aromatic rings. The Balaban J connectivity index is 1.29. The molecule has 0 saturated heterocycles. The third kappa shape index (κ3) is 3.98. The Morgan fingerprint density at radius 1 is 0.418 bits per heavy atom. The minimum absolute atomic E-state index is 0.0863. The Labute approximate surface area is 311 Å². The third-order valence-corrected chi connectivity index (χ3v) is 11.5. The van der Waals surface area contributed by atoms with E-state index in [0.29, 0.717) is 16.8 Å². The van der Waals surface area contributed by atoms with Gasteiger partial charge in [-0.05, 0) is 73.2 Å². The summed E-state index contributed by atoms with van der Waals surface area (Å²) in [5.74, 6) is -1.27. The molecule has 0 fully saturated rings. The normalized spacial score (nSPS) is 12.3. The lowest BCUT2D eigenvalue weighted by atomic mass is 9.97. The number of nitrogens with zero attached hydrogens (tertiary/aromatic N) is 2. The van der Waals surface area contributed by atoms with Gasteiger partial charge in [-0.2, -0.15) is 0 Å². The number of benzene rings is 8. The fourth-order valence-electron chi connectivity index (χ4n) is 9.12. The van der Waals surface area contributed by atoms with Crippen LogP contribution in [0, 0.1) is 18.6 Å². The van der Waals surface area contributed by atoms with Crippen molar-refractivity contribution in [1.82, 2.24) is 9.13 Å². The van der Waals surface area contributed by atoms with Crippen molar-refractivity contribution in [2.75, 3.05) is 0 Å². The van der Waals surface area contributed by atoms with E-state index in [0.717, 1.165) is 93.2 Å². The highest BCUT2D eigenvalue weighted by molar-refractivity contribution is 6.23. The first-order valence-corrected chi connectivity index (χ1v) is 18.3. The third-order valence-electron chi connectivity index (χ3n) is 11.5. The summed E-state index contributed by atoms with van der Waals surface area (Å²) in [7, 11) is 0. The molecule has 0 amide bonds. The van der Waals surface area contributed by atoms with Gasteiger partial charge in [0.2, 0.25) is 0 Å². The lowest BCUT2D eigenvalue weighted by molar-refractivity contribution is 0.589. The average molecular weight is 715 g/mol. The van der Waals surface area contributed by atoms with Crippen molar-refractivity contribution in [2.24, 2.45) is 0 Å². The smallest absolute Gasteiger partial charge is 0.160 e. The van der Waals surface area contributed by atoms with Gasteiger partial charge in [-0.3, -0.25) is 0 Å². The molecule has 6 heteroatoms. The molecule has 0 radical (unpaired) electrons. The number of halogens is 2. The topological polar surface area (TPSA) is 36.1 Å². The summed E-state index contributed by atoms with van der Waals surface area (Å²) in [6.45, 7) is 2.05. The number of para-hydroxylation sites is 4. The zero-order valence-corrected chi connectivity index (χ0v) is 29.4. The molecule has 0 spiro atoms. The van der Waals surface area contributed by atoms with Gasteiger partial charge in [0.05, 0.1) is 39.0 Å². The molecule has 0 aliphatic carbocycles. The highest BCUT2D eigenvalue weighted by Crippen LogP contribution is 2.46. The molecule has 0 aliphatic heterocycles. The van der Waals surface area contributed by atoms with E-state index in [1.807, 2.05) is 79.7 Å². The van der Waals surface area contributed by atoms with Gasteiger partial charge in [0.1, 0.15) is 22.8 Å². The van der Waals surface area contributed by atoms with Crippen LogP contribution >= 0.6 is 0 Å². The van der Waals surface area contributed by atoms with Crippen LogP contribution in [0.4, 0.5) is 8.78 Å². The van der Waals surface area contributed by atoms with Crippen molar-refractivity contribution >= 4 is 87.5 Å². The Morgan fingerprint density at radius 2 is 0.891 bits per heavy atom. The first-order valence-electron chi connectivity index (χ1n) is 18.3. The molecule has 0 atom stereocenters. The fraction of sp³-hybridized carbons (Fsp3) is 0.0204. The van der Waals surface area contributed by atoms with E-state index in [1.165, 1.54) is 18.2 Å². The zero-order valence-electron chi connectivity index (χ0n) is 29.4. The molecule has 8 aromatic carbocycles. The van der Waals surface area contributed by atoms with E-state index in [9.17, 15) is 0 Å². The summed E-state index contributed by atoms with van der Waals surface area (Å²) in [4.78, 5) is 0. The first-order chi connectivity index (χ1) is 27.1. The number of hydrogen-bond donors (Lipinski definition) is 0. The van der Waals surface area contributed by atoms with E-state index >= 15 is 8.78 Å². The summed E-state index contributed by atoms with van der Waals surface area (Å²) in [5.41, 5.74) is 9.40. The summed E-state index contributed by atoms with van der Waals surface area (Å²) in [6, 6.07) is 49.1. The van der Waals surface area contributed by atoms with E-state index < -0.39 is 11.6 Å². The molecule has 0 bridgehead atoms. The Kier molecular flexibility index (Phi) is 6.02. The van der Waals surface area contributed by atoms with Gasteiger partial charge >= 0.3 is 0 Å². The first kappa shape index (κ1) is 30.3. The molecule has 4 aromatic heterocycles. The van der Waals surface area contributed by atoms with Crippen LogP contribution in [0.25, 0.3) is 110 Å². The number of fused-ring (bicyclic) bond motifs is 14. The van der Waals surface area contributed by atoms with Crippen molar-refractivity contribution in [3.63, 3.8) is 0 Å². The van der Waals surface area contributed by atoms with Crippen LogP contribution in [0.5, 0.6) is 0 Å². The minimum Gasteiger partial charge on any atom is -0.454 e. The molecule has 4 nitrogen and oxygen atoms in total. The molecule has 0 saturated carbocycles. The van der Waals surface area contributed by atoms with E-state index in [2.05, 4.69) is 69.8 Å². The molecule has 4 heterocycles. The largest absolute Gasteiger partial charge is 0.454 e. The molecule has 55 heavy (non-hydrogen) atoms. The maximum absolute atomic E-state index is 16.1. The number of rotatable bonds is 3. The maximum Gasteiger partial charge on any atom is 0.160 e. The number of hydrogen-bond acceptors (Lipinski definition) is 2.